The van der Waals surface area contributed by atoms with Crippen LogP contribution in [0.1, 0.15) is 48.3 Å². The summed E-state index contributed by atoms with van der Waals surface area (Å²) in [5.74, 6) is -0.409. The van der Waals surface area contributed by atoms with E-state index in [0.29, 0.717) is 10.5 Å². The Morgan fingerprint density at radius 3 is 1.33 bits per heavy atom. The maximum Gasteiger partial charge on any atom is 0.123 e. The van der Waals surface area contributed by atoms with Gasteiger partial charge in [-0.3, -0.25) is 0 Å². The van der Waals surface area contributed by atoms with E-state index in [1.54, 1.807) is 0 Å². The third-order valence-corrected chi connectivity index (χ3v) is 5.42. The van der Waals surface area contributed by atoms with Crippen LogP contribution in [0.5, 0.6) is 0 Å². The van der Waals surface area contributed by atoms with E-state index < -0.39 is 0 Å². The lowest BCUT2D eigenvalue weighted by molar-refractivity contribution is 0.626. The highest BCUT2D eigenvalue weighted by molar-refractivity contribution is 7.99. The minimum atomic E-state index is -0.204. The van der Waals surface area contributed by atoms with E-state index in [0.717, 1.165) is 24.0 Å². The van der Waals surface area contributed by atoms with Gasteiger partial charge in [0.15, 0.2) is 0 Å². The average molecular weight is 306 g/mol. The molecule has 0 nitrogen and oxygen atoms in total. The second kappa shape index (κ2) is 7.60. The Hall–Kier alpha value is -1.35. The van der Waals surface area contributed by atoms with Gasteiger partial charge in [0.1, 0.15) is 11.6 Å². The highest BCUT2D eigenvalue weighted by Gasteiger charge is 2.18. The highest BCUT2D eigenvalue weighted by Crippen LogP contribution is 2.43. The van der Waals surface area contributed by atoms with Crippen molar-refractivity contribution in [3.05, 3.63) is 71.3 Å². The Morgan fingerprint density at radius 2 is 1.05 bits per heavy atom. The summed E-state index contributed by atoms with van der Waals surface area (Å²) in [5, 5.41) is 0.640. The molecule has 2 rings (SSSR count). The third kappa shape index (κ3) is 4.31. The minimum absolute atomic E-state index is 0.204. The van der Waals surface area contributed by atoms with E-state index in [1.807, 2.05) is 36.0 Å². The Balaban J connectivity index is 2.15. The lowest BCUT2D eigenvalue weighted by Gasteiger charge is -2.22. The van der Waals surface area contributed by atoms with Gasteiger partial charge < -0.3 is 0 Å². The molecule has 21 heavy (non-hydrogen) atoms. The van der Waals surface area contributed by atoms with Gasteiger partial charge in [-0.15, -0.1) is 11.8 Å². The maximum atomic E-state index is 13.0. The van der Waals surface area contributed by atoms with Gasteiger partial charge in [-0.25, -0.2) is 8.78 Å². The fraction of sp³-hybridized carbons (Fsp3) is 0.333. The lowest BCUT2D eigenvalue weighted by Crippen LogP contribution is -1.99. The molecular formula is C18H20F2S. The monoisotopic (exact) mass is 306 g/mol. The molecule has 0 saturated heterocycles. The normalized spacial score (nSPS) is 13.9. The van der Waals surface area contributed by atoms with Crippen molar-refractivity contribution in [2.24, 2.45) is 0 Å². The fourth-order valence-corrected chi connectivity index (χ4v) is 3.78. The number of halogens is 2. The molecule has 0 heterocycles. The first kappa shape index (κ1) is 16.0. The Morgan fingerprint density at radius 1 is 0.714 bits per heavy atom. The van der Waals surface area contributed by atoms with Crippen LogP contribution < -0.4 is 0 Å². The average Bonchev–Trinajstić information content (AvgIpc) is 2.51. The summed E-state index contributed by atoms with van der Waals surface area (Å²) >= 11 is 1.86. The molecule has 2 atom stereocenters. The molecule has 0 bridgehead atoms. The standard InChI is InChI=1S/C18H20F2S/c1-3-17(13-5-9-15(19)10-6-13)21-18(4-2)14-7-11-16(20)12-8-14/h5-12,17-18H,3-4H2,1-2H3. The van der Waals surface area contributed by atoms with Crippen LogP contribution in [0.3, 0.4) is 0 Å². The fourth-order valence-electron chi connectivity index (χ4n) is 2.37. The predicted molar refractivity (Wildman–Crippen MR) is 86.5 cm³/mol. The van der Waals surface area contributed by atoms with Gasteiger partial charge in [0.25, 0.3) is 0 Å². The molecule has 2 aromatic carbocycles. The molecule has 0 fully saturated rings. The van der Waals surface area contributed by atoms with Gasteiger partial charge in [0.2, 0.25) is 0 Å². The van der Waals surface area contributed by atoms with Gasteiger partial charge in [0, 0.05) is 10.5 Å². The van der Waals surface area contributed by atoms with Crippen molar-refractivity contribution < 1.29 is 8.78 Å². The first-order chi connectivity index (χ1) is 10.1. The molecule has 0 amide bonds. The quantitative estimate of drug-likeness (QED) is 0.603. The third-order valence-electron chi connectivity index (χ3n) is 3.55. The molecule has 0 aliphatic heterocycles. The van der Waals surface area contributed by atoms with Crippen LogP contribution >= 0.6 is 11.8 Å². The van der Waals surface area contributed by atoms with E-state index in [2.05, 4.69) is 13.8 Å². The summed E-state index contributed by atoms with van der Waals surface area (Å²) in [6, 6.07) is 13.5. The molecule has 0 radical (unpaired) electrons. The summed E-state index contributed by atoms with van der Waals surface area (Å²) in [6.45, 7) is 4.27. The molecule has 0 aliphatic carbocycles. The molecule has 2 aromatic rings. The van der Waals surface area contributed by atoms with Crippen LogP contribution in [0.25, 0.3) is 0 Å². The topological polar surface area (TPSA) is 0 Å². The predicted octanol–water partition coefficient (Wildman–Crippen LogP) is 6.30. The van der Waals surface area contributed by atoms with Crippen molar-refractivity contribution in [2.45, 2.75) is 37.2 Å². The van der Waals surface area contributed by atoms with Crippen LogP contribution in [0, 0.1) is 11.6 Å². The molecule has 112 valence electrons. The van der Waals surface area contributed by atoms with Crippen LogP contribution in [0.4, 0.5) is 8.78 Å². The van der Waals surface area contributed by atoms with E-state index in [1.165, 1.54) is 24.3 Å². The van der Waals surface area contributed by atoms with Crippen molar-refractivity contribution in [1.82, 2.24) is 0 Å². The van der Waals surface area contributed by atoms with Gasteiger partial charge in [-0.2, -0.15) is 0 Å². The summed E-state index contributed by atoms with van der Waals surface area (Å²) in [5.41, 5.74) is 2.29. The first-order valence-corrected chi connectivity index (χ1v) is 8.24. The van der Waals surface area contributed by atoms with Gasteiger partial charge >= 0.3 is 0 Å². The van der Waals surface area contributed by atoms with Crippen LogP contribution in [0.15, 0.2) is 48.5 Å². The molecule has 0 aromatic heterocycles. The van der Waals surface area contributed by atoms with Crippen molar-refractivity contribution in [3.8, 4) is 0 Å². The van der Waals surface area contributed by atoms with Gasteiger partial charge in [-0.05, 0) is 48.2 Å². The lowest BCUT2D eigenvalue weighted by atomic mass is 10.1. The van der Waals surface area contributed by atoms with Crippen molar-refractivity contribution >= 4 is 11.8 Å². The second-order valence-electron chi connectivity index (χ2n) is 5.03. The van der Waals surface area contributed by atoms with Gasteiger partial charge in [0.05, 0.1) is 0 Å². The van der Waals surface area contributed by atoms with Crippen molar-refractivity contribution in [2.75, 3.05) is 0 Å². The first-order valence-electron chi connectivity index (χ1n) is 7.30. The van der Waals surface area contributed by atoms with Gasteiger partial charge in [-0.1, -0.05) is 38.1 Å². The number of thioether (sulfide) groups is 1. The molecule has 2 unspecified atom stereocenters. The summed E-state index contributed by atoms with van der Waals surface area (Å²) in [6.07, 6.45) is 1.96. The SMILES string of the molecule is CCC(SC(CC)c1ccc(F)cc1)c1ccc(F)cc1. The molecule has 0 aliphatic rings. The Labute approximate surface area is 129 Å². The summed E-state index contributed by atoms with van der Waals surface area (Å²) in [7, 11) is 0. The largest absolute Gasteiger partial charge is 0.207 e. The molecule has 0 spiro atoms. The van der Waals surface area contributed by atoms with Crippen LogP contribution in [-0.4, -0.2) is 0 Å². The van der Waals surface area contributed by atoms with E-state index >= 15 is 0 Å². The minimum Gasteiger partial charge on any atom is -0.207 e. The molecular weight excluding hydrogens is 286 g/mol. The molecule has 0 N–H and O–H groups in total. The number of benzene rings is 2. The van der Waals surface area contributed by atoms with E-state index in [9.17, 15) is 8.78 Å². The molecule has 0 saturated carbocycles. The highest BCUT2D eigenvalue weighted by atomic mass is 32.2. The smallest absolute Gasteiger partial charge is 0.123 e. The zero-order chi connectivity index (χ0) is 15.2. The second-order valence-corrected chi connectivity index (χ2v) is 6.44. The zero-order valence-corrected chi connectivity index (χ0v) is 13.2. The molecule has 3 heteroatoms. The number of hydrogen-bond donors (Lipinski definition) is 0. The van der Waals surface area contributed by atoms with Crippen LogP contribution in [-0.2, 0) is 0 Å². The van der Waals surface area contributed by atoms with E-state index in [4.69, 9.17) is 0 Å². The van der Waals surface area contributed by atoms with Crippen molar-refractivity contribution in [1.29, 1.82) is 0 Å². The van der Waals surface area contributed by atoms with Crippen molar-refractivity contribution in [3.63, 3.8) is 0 Å². The van der Waals surface area contributed by atoms with E-state index in [-0.39, 0.29) is 11.6 Å². The Kier molecular flexibility index (Phi) is 5.80. The Bertz CT molecular complexity index is 497. The van der Waals surface area contributed by atoms with Crippen LogP contribution in [0.2, 0.25) is 0 Å². The summed E-state index contributed by atoms with van der Waals surface area (Å²) < 4.78 is 26.1. The zero-order valence-electron chi connectivity index (χ0n) is 12.4. The maximum absolute atomic E-state index is 13.0. The number of hydrogen-bond acceptors (Lipinski definition) is 1. The summed E-state index contributed by atoms with van der Waals surface area (Å²) in [4.78, 5) is 0. The number of rotatable bonds is 6.